The smallest absolute Gasteiger partial charge is 0.270 e. The maximum atomic E-state index is 12.6. The van der Waals surface area contributed by atoms with Crippen LogP contribution in [0, 0.1) is 17.0 Å². The van der Waals surface area contributed by atoms with E-state index in [9.17, 15) is 19.7 Å². The fourth-order valence-electron chi connectivity index (χ4n) is 2.74. The van der Waals surface area contributed by atoms with Crippen LogP contribution < -0.4 is 15.4 Å². The zero-order valence-electron chi connectivity index (χ0n) is 17.0. The van der Waals surface area contributed by atoms with Gasteiger partial charge in [0.05, 0.1) is 10.6 Å². The van der Waals surface area contributed by atoms with E-state index < -0.39 is 22.8 Å². The van der Waals surface area contributed by atoms with Gasteiger partial charge in [0.2, 0.25) is 5.91 Å². The highest BCUT2D eigenvalue weighted by Crippen LogP contribution is 2.29. The highest BCUT2D eigenvalue weighted by Gasteiger charge is 2.19. The summed E-state index contributed by atoms with van der Waals surface area (Å²) in [4.78, 5) is 35.3. The normalized spacial score (nSPS) is 11.3. The van der Waals surface area contributed by atoms with Gasteiger partial charge in [0.15, 0.2) is 5.75 Å². The molecule has 2 N–H and O–H groups in total. The summed E-state index contributed by atoms with van der Waals surface area (Å²) in [6, 6.07) is 18.9. The van der Waals surface area contributed by atoms with Crippen molar-refractivity contribution in [3.8, 4) is 11.5 Å². The van der Waals surface area contributed by atoms with Gasteiger partial charge in [-0.05, 0) is 44.2 Å². The van der Waals surface area contributed by atoms with Crippen LogP contribution in [-0.4, -0.2) is 22.8 Å². The number of rotatable bonds is 7. The number of nitrogens with zero attached hydrogens (tertiary/aromatic N) is 1. The molecule has 0 aliphatic carbocycles. The van der Waals surface area contributed by atoms with Crippen LogP contribution in [0.2, 0.25) is 0 Å². The van der Waals surface area contributed by atoms with Crippen LogP contribution in [-0.2, 0) is 4.79 Å². The summed E-state index contributed by atoms with van der Waals surface area (Å²) < 4.78 is 5.87. The van der Waals surface area contributed by atoms with Crippen molar-refractivity contribution in [2.24, 2.45) is 0 Å². The Balaban J connectivity index is 1.67. The number of non-ortho nitro benzene ring substituents is 1. The number of carbonyl (C=O) groups is 2. The van der Waals surface area contributed by atoms with E-state index in [4.69, 9.17) is 4.74 Å². The molecular weight excluding hydrogens is 398 g/mol. The van der Waals surface area contributed by atoms with Crippen LogP contribution in [0.4, 0.5) is 11.4 Å². The third kappa shape index (κ3) is 5.66. The van der Waals surface area contributed by atoms with Crippen molar-refractivity contribution in [3.63, 3.8) is 0 Å². The molecule has 3 rings (SSSR count). The predicted molar refractivity (Wildman–Crippen MR) is 116 cm³/mol. The third-order valence-corrected chi connectivity index (χ3v) is 4.45. The molecule has 8 heteroatoms. The minimum atomic E-state index is -0.890. The van der Waals surface area contributed by atoms with E-state index in [1.165, 1.54) is 25.1 Å². The molecule has 0 aliphatic rings. The molecule has 2 amide bonds. The van der Waals surface area contributed by atoms with Crippen molar-refractivity contribution in [3.05, 3.63) is 94.0 Å². The quantitative estimate of drug-likeness (QED) is 0.434. The van der Waals surface area contributed by atoms with Gasteiger partial charge in [0, 0.05) is 17.7 Å². The number of amides is 2. The molecule has 0 heterocycles. The minimum Gasteiger partial charge on any atom is -0.455 e. The van der Waals surface area contributed by atoms with E-state index in [2.05, 4.69) is 10.6 Å². The van der Waals surface area contributed by atoms with Crippen molar-refractivity contribution in [1.29, 1.82) is 0 Å². The molecule has 0 spiro atoms. The average molecular weight is 419 g/mol. The largest absolute Gasteiger partial charge is 0.455 e. The van der Waals surface area contributed by atoms with E-state index in [1.54, 1.807) is 24.3 Å². The van der Waals surface area contributed by atoms with Gasteiger partial charge in [-0.25, -0.2) is 0 Å². The molecule has 8 nitrogen and oxygen atoms in total. The molecule has 1 atom stereocenters. The number of benzene rings is 3. The lowest BCUT2D eigenvalue weighted by atomic mass is 10.1. The van der Waals surface area contributed by atoms with Crippen molar-refractivity contribution in [1.82, 2.24) is 5.32 Å². The first-order valence-corrected chi connectivity index (χ1v) is 9.53. The van der Waals surface area contributed by atoms with E-state index >= 15 is 0 Å². The van der Waals surface area contributed by atoms with E-state index in [0.717, 1.165) is 11.6 Å². The summed E-state index contributed by atoms with van der Waals surface area (Å²) in [6.45, 7) is 3.50. The van der Waals surface area contributed by atoms with Crippen molar-refractivity contribution in [2.75, 3.05) is 5.32 Å². The zero-order chi connectivity index (χ0) is 22.4. The number of nitrogens with one attached hydrogen (secondary N) is 2. The first kappa shape index (κ1) is 21.5. The summed E-state index contributed by atoms with van der Waals surface area (Å²) in [5.41, 5.74) is 1.44. The molecule has 0 aromatic heterocycles. The monoisotopic (exact) mass is 419 g/mol. The number of hydrogen-bond donors (Lipinski definition) is 2. The van der Waals surface area contributed by atoms with Crippen molar-refractivity contribution >= 4 is 23.2 Å². The second-order valence-electron chi connectivity index (χ2n) is 6.90. The van der Waals surface area contributed by atoms with Gasteiger partial charge in [0.25, 0.3) is 11.6 Å². The van der Waals surface area contributed by atoms with Gasteiger partial charge in [-0.15, -0.1) is 0 Å². The Hall–Kier alpha value is -4.20. The molecule has 158 valence electrons. The Morgan fingerprint density at radius 1 is 1.00 bits per heavy atom. The number of para-hydroxylation sites is 2. The fourth-order valence-corrected chi connectivity index (χ4v) is 2.74. The minimum absolute atomic E-state index is 0.0944. The van der Waals surface area contributed by atoms with Crippen LogP contribution >= 0.6 is 0 Å². The highest BCUT2D eigenvalue weighted by molar-refractivity contribution is 6.01. The topological polar surface area (TPSA) is 111 Å². The van der Waals surface area contributed by atoms with Gasteiger partial charge in [-0.3, -0.25) is 19.7 Å². The van der Waals surface area contributed by atoms with Gasteiger partial charge in [-0.1, -0.05) is 35.9 Å². The fraction of sp³-hybridized carbons (Fsp3) is 0.130. The molecule has 0 fully saturated rings. The Morgan fingerprint density at radius 3 is 2.42 bits per heavy atom. The number of ether oxygens (including phenoxy) is 1. The summed E-state index contributed by atoms with van der Waals surface area (Å²) in [6.07, 6.45) is 0. The van der Waals surface area contributed by atoms with Crippen LogP contribution in [0.1, 0.15) is 22.8 Å². The number of anilines is 1. The number of nitro groups is 1. The van der Waals surface area contributed by atoms with Gasteiger partial charge in [0.1, 0.15) is 11.8 Å². The molecule has 31 heavy (non-hydrogen) atoms. The number of hydrogen-bond acceptors (Lipinski definition) is 5. The van der Waals surface area contributed by atoms with Crippen LogP contribution in [0.5, 0.6) is 11.5 Å². The van der Waals surface area contributed by atoms with E-state index in [1.807, 2.05) is 31.2 Å². The molecule has 0 radical (unpaired) electrons. The second kappa shape index (κ2) is 9.53. The third-order valence-electron chi connectivity index (χ3n) is 4.45. The van der Waals surface area contributed by atoms with E-state index in [0.29, 0.717) is 17.2 Å². The lowest BCUT2D eigenvalue weighted by Crippen LogP contribution is -2.41. The maximum absolute atomic E-state index is 12.6. The summed E-state index contributed by atoms with van der Waals surface area (Å²) in [5, 5.41) is 16.2. The average Bonchev–Trinajstić information content (AvgIpc) is 2.76. The molecule has 0 saturated carbocycles. The Kier molecular flexibility index (Phi) is 6.61. The first-order chi connectivity index (χ1) is 14.8. The molecule has 3 aromatic carbocycles. The molecule has 0 saturated heterocycles. The number of nitro benzene ring substituents is 1. The maximum Gasteiger partial charge on any atom is 0.270 e. The number of aryl methyl sites for hydroxylation is 1. The molecular formula is C23H21N3O5. The highest BCUT2D eigenvalue weighted by atomic mass is 16.6. The molecule has 0 aliphatic heterocycles. The lowest BCUT2D eigenvalue weighted by Gasteiger charge is -2.16. The first-order valence-electron chi connectivity index (χ1n) is 9.53. The van der Waals surface area contributed by atoms with Crippen LogP contribution in [0.25, 0.3) is 0 Å². The summed E-state index contributed by atoms with van der Waals surface area (Å²) in [5.74, 6) is 0.0329. The number of carbonyl (C=O) groups excluding carboxylic acids is 2. The van der Waals surface area contributed by atoms with Crippen molar-refractivity contribution in [2.45, 2.75) is 19.9 Å². The predicted octanol–water partition coefficient (Wildman–Crippen LogP) is 4.45. The molecule has 1 unspecified atom stereocenters. The zero-order valence-corrected chi connectivity index (χ0v) is 17.0. The van der Waals surface area contributed by atoms with Gasteiger partial charge >= 0.3 is 0 Å². The standard InChI is InChI=1S/C23H21N3O5/c1-15-10-12-19(13-11-15)31-21-9-4-3-8-20(21)25-22(27)16(2)24-23(28)17-6-5-7-18(14-17)26(29)30/h3-14,16H,1-2H3,(H,24,28)(H,25,27). The molecule has 0 bridgehead atoms. The Morgan fingerprint density at radius 2 is 1.71 bits per heavy atom. The second-order valence-corrected chi connectivity index (χ2v) is 6.90. The van der Waals surface area contributed by atoms with E-state index in [-0.39, 0.29) is 11.3 Å². The Bertz CT molecular complexity index is 1110. The van der Waals surface area contributed by atoms with Crippen molar-refractivity contribution < 1.29 is 19.2 Å². The summed E-state index contributed by atoms with van der Waals surface area (Å²) >= 11 is 0. The van der Waals surface area contributed by atoms with Crippen LogP contribution in [0.3, 0.4) is 0 Å². The molecule has 3 aromatic rings. The van der Waals surface area contributed by atoms with Gasteiger partial charge < -0.3 is 15.4 Å². The summed E-state index contributed by atoms with van der Waals surface area (Å²) in [7, 11) is 0. The van der Waals surface area contributed by atoms with Crippen LogP contribution in [0.15, 0.2) is 72.8 Å². The van der Waals surface area contributed by atoms with Gasteiger partial charge in [-0.2, -0.15) is 0 Å². The SMILES string of the molecule is Cc1ccc(Oc2ccccc2NC(=O)C(C)NC(=O)c2cccc([N+](=O)[O-])c2)cc1. The lowest BCUT2D eigenvalue weighted by molar-refractivity contribution is -0.384. The Labute approximate surface area is 179 Å².